The zero-order chi connectivity index (χ0) is 12.2. The average Bonchev–Trinajstić information content (AvgIpc) is 2.46. The van der Waals surface area contributed by atoms with Crippen LogP contribution in [0.25, 0.3) is 11.0 Å². The van der Waals surface area contributed by atoms with Gasteiger partial charge >= 0.3 is 0 Å². The molecule has 0 spiro atoms. The van der Waals surface area contributed by atoms with E-state index < -0.39 is 0 Å². The molecular formula is C14H12N4. The molecule has 1 N–H and O–H groups in total. The zero-order valence-electron chi connectivity index (χ0n) is 9.74. The Balaban J connectivity index is 1.79. The van der Waals surface area contributed by atoms with E-state index in [1.54, 1.807) is 0 Å². The molecule has 0 unspecified atom stereocenters. The summed E-state index contributed by atoms with van der Waals surface area (Å²) in [6.07, 6.45) is 0. The van der Waals surface area contributed by atoms with Crippen LogP contribution in [0.15, 0.2) is 54.6 Å². The first-order valence-electron chi connectivity index (χ1n) is 5.79. The third-order valence-corrected chi connectivity index (χ3v) is 2.65. The van der Waals surface area contributed by atoms with Crippen LogP contribution in [-0.2, 0) is 6.54 Å². The highest BCUT2D eigenvalue weighted by Gasteiger charge is 2.00. The molecule has 18 heavy (non-hydrogen) atoms. The molecule has 0 aliphatic carbocycles. The molecule has 0 atom stereocenters. The van der Waals surface area contributed by atoms with Crippen molar-refractivity contribution in [3.63, 3.8) is 0 Å². The van der Waals surface area contributed by atoms with Crippen molar-refractivity contribution in [2.24, 2.45) is 0 Å². The SMILES string of the molecule is c1ccc(CNc2nnc3ccccc3n2)cc1. The second kappa shape index (κ2) is 4.79. The van der Waals surface area contributed by atoms with Crippen LogP contribution < -0.4 is 5.32 Å². The number of hydrogen-bond donors (Lipinski definition) is 1. The van der Waals surface area contributed by atoms with Gasteiger partial charge in [-0.3, -0.25) is 0 Å². The molecule has 0 bridgehead atoms. The van der Waals surface area contributed by atoms with Crippen molar-refractivity contribution in [3.8, 4) is 0 Å². The fraction of sp³-hybridized carbons (Fsp3) is 0.0714. The summed E-state index contributed by atoms with van der Waals surface area (Å²) in [5.74, 6) is 0.553. The minimum Gasteiger partial charge on any atom is -0.349 e. The monoisotopic (exact) mass is 236 g/mol. The maximum Gasteiger partial charge on any atom is 0.243 e. The Morgan fingerprint density at radius 3 is 2.33 bits per heavy atom. The van der Waals surface area contributed by atoms with Gasteiger partial charge in [-0.1, -0.05) is 42.5 Å². The molecule has 0 amide bonds. The smallest absolute Gasteiger partial charge is 0.243 e. The summed E-state index contributed by atoms with van der Waals surface area (Å²) >= 11 is 0. The van der Waals surface area contributed by atoms with Gasteiger partial charge in [0.2, 0.25) is 5.95 Å². The van der Waals surface area contributed by atoms with Crippen molar-refractivity contribution in [2.75, 3.05) is 5.32 Å². The van der Waals surface area contributed by atoms with E-state index in [2.05, 4.69) is 32.6 Å². The quantitative estimate of drug-likeness (QED) is 0.759. The van der Waals surface area contributed by atoms with Crippen molar-refractivity contribution in [3.05, 3.63) is 60.2 Å². The molecule has 0 radical (unpaired) electrons. The predicted octanol–water partition coefficient (Wildman–Crippen LogP) is 2.64. The van der Waals surface area contributed by atoms with Crippen LogP contribution in [0.5, 0.6) is 0 Å². The fourth-order valence-corrected chi connectivity index (χ4v) is 1.73. The molecule has 4 heteroatoms. The molecule has 2 aromatic carbocycles. The molecule has 1 aromatic heterocycles. The van der Waals surface area contributed by atoms with Crippen molar-refractivity contribution in [1.82, 2.24) is 15.2 Å². The number of nitrogens with zero attached hydrogens (tertiary/aromatic N) is 3. The van der Waals surface area contributed by atoms with Gasteiger partial charge in [-0.25, -0.2) is 4.98 Å². The van der Waals surface area contributed by atoms with Crippen molar-refractivity contribution >= 4 is 17.0 Å². The maximum absolute atomic E-state index is 4.41. The lowest BCUT2D eigenvalue weighted by molar-refractivity contribution is 0.984. The maximum atomic E-state index is 4.41. The third-order valence-electron chi connectivity index (χ3n) is 2.65. The van der Waals surface area contributed by atoms with Gasteiger partial charge in [0.05, 0.1) is 5.52 Å². The van der Waals surface area contributed by atoms with Crippen LogP contribution in [-0.4, -0.2) is 15.2 Å². The molecule has 0 saturated carbocycles. The molecule has 0 fully saturated rings. The topological polar surface area (TPSA) is 50.7 Å². The van der Waals surface area contributed by atoms with Gasteiger partial charge in [0.1, 0.15) is 5.52 Å². The minimum atomic E-state index is 0.553. The lowest BCUT2D eigenvalue weighted by Crippen LogP contribution is -2.04. The molecule has 0 aliphatic heterocycles. The Labute approximate surface area is 105 Å². The number of hydrogen-bond acceptors (Lipinski definition) is 4. The standard InChI is InChI=1S/C14H12N4/c1-2-6-11(7-3-1)10-15-14-16-12-8-4-5-9-13(12)17-18-14/h1-9H,10H2,(H,15,16,18). The Bertz CT molecular complexity index is 652. The summed E-state index contributed by atoms with van der Waals surface area (Å²) in [6.45, 7) is 0.695. The van der Waals surface area contributed by atoms with Crippen molar-refractivity contribution < 1.29 is 0 Å². The largest absolute Gasteiger partial charge is 0.349 e. The number of rotatable bonds is 3. The lowest BCUT2D eigenvalue weighted by atomic mass is 10.2. The normalized spacial score (nSPS) is 10.4. The minimum absolute atomic E-state index is 0.553. The number of benzene rings is 2. The highest BCUT2D eigenvalue weighted by atomic mass is 15.2. The summed E-state index contributed by atoms with van der Waals surface area (Å²) in [6, 6.07) is 17.8. The summed E-state index contributed by atoms with van der Waals surface area (Å²) in [7, 11) is 0. The molecular weight excluding hydrogens is 224 g/mol. The molecule has 1 heterocycles. The second-order valence-electron chi connectivity index (χ2n) is 3.96. The summed E-state index contributed by atoms with van der Waals surface area (Å²) in [4.78, 5) is 4.41. The number of para-hydroxylation sites is 1. The van der Waals surface area contributed by atoms with Gasteiger partial charge in [0.25, 0.3) is 0 Å². The van der Waals surface area contributed by atoms with Crippen molar-refractivity contribution in [2.45, 2.75) is 6.54 Å². The van der Waals surface area contributed by atoms with E-state index in [9.17, 15) is 0 Å². The van der Waals surface area contributed by atoms with E-state index in [0.29, 0.717) is 12.5 Å². The highest BCUT2D eigenvalue weighted by Crippen LogP contribution is 2.09. The molecule has 0 aliphatic rings. The van der Waals surface area contributed by atoms with Gasteiger partial charge in [-0.15, -0.1) is 10.2 Å². The van der Waals surface area contributed by atoms with E-state index in [1.807, 2.05) is 42.5 Å². The van der Waals surface area contributed by atoms with Crippen molar-refractivity contribution in [1.29, 1.82) is 0 Å². The molecule has 3 aromatic rings. The summed E-state index contributed by atoms with van der Waals surface area (Å²) in [5, 5.41) is 11.3. The molecule has 4 nitrogen and oxygen atoms in total. The highest BCUT2D eigenvalue weighted by molar-refractivity contribution is 5.73. The second-order valence-corrected chi connectivity index (χ2v) is 3.96. The van der Waals surface area contributed by atoms with Crippen LogP contribution in [0.4, 0.5) is 5.95 Å². The van der Waals surface area contributed by atoms with Crippen LogP contribution >= 0.6 is 0 Å². The van der Waals surface area contributed by atoms with E-state index in [4.69, 9.17) is 0 Å². The van der Waals surface area contributed by atoms with Gasteiger partial charge in [-0.2, -0.15) is 0 Å². The van der Waals surface area contributed by atoms with Gasteiger partial charge in [0, 0.05) is 6.54 Å². The van der Waals surface area contributed by atoms with Crippen LogP contribution in [0.1, 0.15) is 5.56 Å². The molecule has 0 saturated heterocycles. The van der Waals surface area contributed by atoms with E-state index in [-0.39, 0.29) is 0 Å². The lowest BCUT2D eigenvalue weighted by Gasteiger charge is -2.04. The number of nitrogens with one attached hydrogen (secondary N) is 1. The van der Waals surface area contributed by atoms with Gasteiger partial charge < -0.3 is 5.32 Å². The van der Waals surface area contributed by atoms with Gasteiger partial charge in [0.15, 0.2) is 0 Å². The number of fused-ring (bicyclic) bond motifs is 1. The Hall–Kier alpha value is -2.49. The summed E-state index contributed by atoms with van der Waals surface area (Å²) < 4.78 is 0. The molecule has 3 rings (SSSR count). The van der Waals surface area contributed by atoms with Gasteiger partial charge in [-0.05, 0) is 17.7 Å². The fourth-order valence-electron chi connectivity index (χ4n) is 1.73. The van der Waals surface area contributed by atoms with Crippen LogP contribution in [0, 0.1) is 0 Å². The first kappa shape index (κ1) is 10.7. The first-order valence-corrected chi connectivity index (χ1v) is 5.79. The third kappa shape index (κ3) is 2.27. The number of aromatic nitrogens is 3. The van der Waals surface area contributed by atoms with E-state index in [1.165, 1.54) is 5.56 Å². The number of anilines is 1. The van der Waals surface area contributed by atoms with Crippen LogP contribution in [0.3, 0.4) is 0 Å². The Morgan fingerprint density at radius 2 is 1.50 bits per heavy atom. The average molecular weight is 236 g/mol. The molecule has 88 valence electrons. The zero-order valence-corrected chi connectivity index (χ0v) is 9.74. The van der Waals surface area contributed by atoms with E-state index in [0.717, 1.165) is 11.0 Å². The Kier molecular flexibility index (Phi) is 2.84. The van der Waals surface area contributed by atoms with E-state index >= 15 is 0 Å². The summed E-state index contributed by atoms with van der Waals surface area (Å²) in [5.41, 5.74) is 2.85. The predicted molar refractivity (Wildman–Crippen MR) is 71.1 cm³/mol. The Morgan fingerprint density at radius 1 is 0.778 bits per heavy atom. The first-order chi connectivity index (χ1) is 8.92. The van der Waals surface area contributed by atoms with Crippen LogP contribution in [0.2, 0.25) is 0 Å².